The molecule has 4 heteroatoms. The van der Waals surface area contributed by atoms with Crippen molar-refractivity contribution in [2.45, 2.75) is 45.7 Å². The first-order chi connectivity index (χ1) is 10.1. The lowest BCUT2D eigenvalue weighted by molar-refractivity contribution is 0.623. The molecule has 1 aromatic carbocycles. The molecular weight excluding hydrogens is 283 g/mol. The molecule has 112 valence electrons. The highest BCUT2D eigenvalue weighted by Crippen LogP contribution is 2.30. The van der Waals surface area contributed by atoms with Crippen LogP contribution in [0.3, 0.4) is 0 Å². The molecule has 0 radical (unpaired) electrons. The molecule has 1 aromatic heterocycles. The van der Waals surface area contributed by atoms with Crippen molar-refractivity contribution in [1.82, 2.24) is 10.3 Å². The minimum atomic E-state index is -0.203. The summed E-state index contributed by atoms with van der Waals surface area (Å²) < 4.78 is 13.4. The third-order valence-corrected chi connectivity index (χ3v) is 4.73. The minimum Gasteiger partial charge on any atom is -0.309 e. The number of thiazole rings is 1. The molecule has 2 nitrogen and oxygen atoms in total. The highest BCUT2D eigenvalue weighted by Gasteiger charge is 2.22. The van der Waals surface area contributed by atoms with Crippen LogP contribution < -0.4 is 5.32 Å². The number of halogens is 1. The number of rotatable bonds is 6. The molecule has 1 saturated carbocycles. The molecule has 1 aliphatic carbocycles. The smallest absolute Gasteiger partial charge is 0.124 e. The molecule has 3 rings (SSSR count). The number of hydrogen-bond acceptors (Lipinski definition) is 3. The molecule has 1 N–H and O–H groups in total. The van der Waals surface area contributed by atoms with E-state index in [1.54, 1.807) is 23.5 Å². The van der Waals surface area contributed by atoms with Crippen molar-refractivity contribution in [1.29, 1.82) is 0 Å². The first-order valence-electron chi connectivity index (χ1n) is 7.59. The summed E-state index contributed by atoms with van der Waals surface area (Å²) in [6, 6.07) is 7.41. The first kappa shape index (κ1) is 14.7. The molecule has 1 fully saturated rings. The molecular formula is C17H21FN2S. The predicted octanol–water partition coefficient (Wildman–Crippen LogP) is 4.40. The van der Waals surface area contributed by atoms with Gasteiger partial charge in [0.25, 0.3) is 0 Å². The van der Waals surface area contributed by atoms with E-state index in [-0.39, 0.29) is 5.82 Å². The van der Waals surface area contributed by atoms with Crippen molar-refractivity contribution in [2.75, 3.05) is 0 Å². The maximum atomic E-state index is 13.4. The fraction of sp³-hybridized carbons (Fsp3) is 0.471. The Morgan fingerprint density at radius 2 is 2.19 bits per heavy atom. The Morgan fingerprint density at radius 3 is 2.86 bits per heavy atom. The minimum absolute atomic E-state index is 0.203. The van der Waals surface area contributed by atoms with Crippen molar-refractivity contribution in [3.63, 3.8) is 0 Å². The van der Waals surface area contributed by atoms with Crippen LogP contribution in [0.5, 0.6) is 0 Å². The molecule has 0 atom stereocenters. The van der Waals surface area contributed by atoms with E-state index in [0.29, 0.717) is 12.0 Å². The molecule has 0 aliphatic heterocycles. The van der Waals surface area contributed by atoms with Gasteiger partial charge in [-0.25, -0.2) is 9.37 Å². The second-order valence-corrected chi connectivity index (χ2v) is 7.24. The normalized spacial score (nSPS) is 14.9. The zero-order chi connectivity index (χ0) is 14.8. The monoisotopic (exact) mass is 304 g/mol. The van der Waals surface area contributed by atoms with Gasteiger partial charge in [-0.15, -0.1) is 11.3 Å². The second kappa shape index (κ2) is 6.24. The van der Waals surface area contributed by atoms with Crippen LogP contribution in [0, 0.1) is 11.7 Å². The Balaban J connectivity index is 1.86. The number of nitrogens with one attached hydrogen (secondary N) is 1. The lowest BCUT2D eigenvalue weighted by Crippen LogP contribution is -2.15. The fourth-order valence-corrected chi connectivity index (χ4v) is 3.37. The van der Waals surface area contributed by atoms with E-state index in [1.165, 1.54) is 29.5 Å². The van der Waals surface area contributed by atoms with Gasteiger partial charge in [-0.2, -0.15) is 0 Å². The third kappa shape index (κ3) is 3.89. The van der Waals surface area contributed by atoms with Crippen molar-refractivity contribution >= 4 is 11.3 Å². The summed E-state index contributed by atoms with van der Waals surface area (Å²) in [6.07, 6.45) is 3.55. The van der Waals surface area contributed by atoms with Crippen LogP contribution in [-0.4, -0.2) is 11.0 Å². The number of benzene rings is 1. The number of aromatic nitrogens is 1. The lowest BCUT2D eigenvalue weighted by Gasteiger charge is -2.05. The van der Waals surface area contributed by atoms with Crippen molar-refractivity contribution in [3.8, 4) is 10.6 Å². The molecule has 21 heavy (non-hydrogen) atoms. The summed E-state index contributed by atoms with van der Waals surface area (Å²) in [5, 5.41) is 4.49. The standard InChI is InChI=1S/C17H21FN2S/c1-11(2)8-15-16(10-19-14-6-7-14)21-17(20-15)12-4-3-5-13(18)9-12/h3-5,9,11,14,19H,6-8,10H2,1-2H3. The Bertz CT molecular complexity index is 617. The van der Waals surface area contributed by atoms with Crippen LogP contribution in [0.15, 0.2) is 24.3 Å². The maximum Gasteiger partial charge on any atom is 0.124 e. The summed E-state index contributed by atoms with van der Waals surface area (Å²) in [5.74, 6) is 0.373. The molecule has 0 unspecified atom stereocenters. The summed E-state index contributed by atoms with van der Waals surface area (Å²) in [6.45, 7) is 5.30. The summed E-state index contributed by atoms with van der Waals surface area (Å²) in [4.78, 5) is 6.07. The van der Waals surface area contributed by atoms with Gasteiger partial charge in [0.15, 0.2) is 0 Å². The van der Waals surface area contributed by atoms with E-state index >= 15 is 0 Å². The Morgan fingerprint density at radius 1 is 1.38 bits per heavy atom. The van der Waals surface area contributed by atoms with Crippen molar-refractivity contribution in [2.24, 2.45) is 5.92 Å². The molecule has 0 saturated heterocycles. The maximum absolute atomic E-state index is 13.4. The van der Waals surface area contributed by atoms with E-state index in [4.69, 9.17) is 4.98 Å². The summed E-state index contributed by atoms with van der Waals surface area (Å²) in [5.41, 5.74) is 2.05. The van der Waals surface area contributed by atoms with Gasteiger partial charge in [0, 0.05) is 23.0 Å². The van der Waals surface area contributed by atoms with Gasteiger partial charge in [-0.3, -0.25) is 0 Å². The van der Waals surface area contributed by atoms with E-state index in [2.05, 4.69) is 19.2 Å². The average Bonchev–Trinajstić information content (AvgIpc) is 3.18. The quantitative estimate of drug-likeness (QED) is 0.855. The summed E-state index contributed by atoms with van der Waals surface area (Å²) >= 11 is 1.69. The van der Waals surface area contributed by atoms with Gasteiger partial charge < -0.3 is 5.32 Å². The van der Waals surface area contributed by atoms with Crippen molar-refractivity contribution in [3.05, 3.63) is 40.7 Å². The van der Waals surface area contributed by atoms with Crippen LogP contribution in [0.2, 0.25) is 0 Å². The highest BCUT2D eigenvalue weighted by molar-refractivity contribution is 7.15. The third-order valence-electron chi connectivity index (χ3n) is 3.58. The van der Waals surface area contributed by atoms with Gasteiger partial charge in [-0.05, 0) is 37.3 Å². The topological polar surface area (TPSA) is 24.9 Å². The van der Waals surface area contributed by atoms with Gasteiger partial charge in [0.05, 0.1) is 5.69 Å². The first-order valence-corrected chi connectivity index (χ1v) is 8.41. The van der Waals surface area contributed by atoms with Crippen LogP contribution in [0.1, 0.15) is 37.3 Å². The predicted molar refractivity (Wildman–Crippen MR) is 85.9 cm³/mol. The van der Waals surface area contributed by atoms with Gasteiger partial charge in [0.1, 0.15) is 10.8 Å². The molecule has 2 aromatic rings. The Labute approximate surface area is 129 Å². The van der Waals surface area contributed by atoms with E-state index < -0.39 is 0 Å². The largest absolute Gasteiger partial charge is 0.309 e. The number of hydrogen-bond donors (Lipinski definition) is 1. The molecule has 0 bridgehead atoms. The number of nitrogens with zero attached hydrogens (tertiary/aromatic N) is 1. The Kier molecular flexibility index (Phi) is 4.36. The Hall–Kier alpha value is -1.26. The molecule has 1 heterocycles. The second-order valence-electron chi connectivity index (χ2n) is 6.15. The van der Waals surface area contributed by atoms with Crippen LogP contribution >= 0.6 is 11.3 Å². The fourth-order valence-electron chi connectivity index (χ4n) is 2.34. The van der Waals surface area contributed by atoms with Crippen molar-refractivity contribution < 1.29 is 4.39 Å². The average molecular weight is 304 g/mol. The highest BCUT2D eigenvalue weighted by atomic mass is 32.1. The van der Waals surface area contributed by atoms with Gasteiger partial charge >= 0.3 is 0 Å². The molecule has 0 spiro atoms. The van der Waals surface area contributed by atoms with E-state index in [0.717, 1.165) is 23.5 Å². The van der Waals surface area contributed by atoms with Gasteiger partial charge in [-0.1, -0.05) is 26.0 Å². The molecule has 1 aliphatic rings. The zero-order valence-corrected chi connectivity index (χ0v) is 13.3. The lowest BCUT2D eigenvalue weighted by atomic mass is 10.1. The van der Waals surface area contributed by atoms with Crippen LogP contribution in [0.4, 0.5) is 4.39 Å². The van der Waals surface area contributed by atoms with E-state index in [1.807, 2.05) is 6.07 Å². The van der Waals surface area contributed by atoms with Crippen LogP contribution in [0.25, 0.3) is 10.6 Å². The van der Waals surface area contributed by atoms with Gasteiger partial charge in [0.2, 0.25) is 0 Å². The SMILES string of the molecule is CC(C)Cc1nc(-c2cccc(F)c2)sc1CNC1CC1. The van der Waals surface area contributed by atoms with E-state index in [9.17, 15) is 4.39 Å². The summed E-state index contributed by atoms with van der Waals surface area (Å²) in [7, 11) is 0. The van der Waals surface area contributed by atoms with Crippen LogP contribution in [-0.2, 0) is 13.0 Å². The zero-order valence-electron chi connectivity index (χ0n) is 12.5. The molecule has 0 amide bonds.